The van der Waals surface area contributed by atoms with E-state index in [1.807, 2.05) is 13.0 Å². The Bertz CT molecular complexity index is 1460. The lowest BCUT2D eigenvalue weighted by atomic mass is 9.98. The lowest BCUT2D eigenvalue weighted by molar-refractivity contribution is 0.0970. The second-order valence-electron chi connectivity index (χ2n) is 7.70. The number of nitrogens with zero attached hydrogens (tertiary/aromatic N) is 2. The second-order valence-corrected chi connectivity index (χ2v) is 7.70. The van der Waals surface area contributed by atoms with E-state index in [1.54, 1.807) is 42.5 Å². The number of aromatic nitrogens is 1. The number of pyridine rings is 1. The molecule has 33 heavy (non-hydrogen) atoms. The highest BCUT2D eigenvalue weighted by atomic mass is 19.1. The first kappa shape index (κ1) is 20.6. The van der Waals surface area contributed by atoms with Gasteiger partial charge in [-0.05, 0) is 55.0 Å². The van der Waals surface area contributed by atoms with E-state index in [0.29, 0.717) is 23.7 Å². The fourth-order valence-corrected chi connectivity index (χ4v) is 4.06. The fourth-order valence-electron chi connectivity index (χ4n) is 4.06. The molecule has 5 rings (SSSR count). The van der Waals surface area contributed by atoms with E-state index < -0.39 is 23.2 Å². The third kappa shape index (κ3) is 3.47. The molecule has 1 aliphatic rings. The Morgan fingerprint density at radius 3 is 2.67 bits per heavy atom. The van der Waals surface area contributed by atoms with Gasteiger partial charge in [-0.2, -0.15) is 0 Å². The summed E-state index contributed by atoms with van der Waals surface area (Å²) < 4.78 is 25.3. The van der Waals surface area contributed by atoms with Crippen LogP contribution in [0.15, 0.2) is 82.5 Å². The predicted molar refractivity (Wildman–Crippen MR) is 122 cm³/mol. The molecule has 2 aromatic carbocycles. The van der Waals surface area contributed by atoms with Gasteiger partial charge in [0.05, 0.1) is 17.0 Å². The first-order chi connectivity index (χ1) is 16.0. The van der Waals surface area contributed by atoms with E-state index in [9.17, 15) is 14.0 Å². The summed E-state index contributed by atoms with van der Waals surface area (Å²) in [5.74, 6) is -0.103. The van der Waals surface area contributed by atoms with Crippen molar-refractivity contribution in [3.05, 3.63) is 112 Å². The Kier molecular flexibility index (Phi) is 5.01. The Hall–Kier alpha value is -4.26. The molecule has 6 nitrogen and oxygen atoms in total. The maximum atomic E-state index is 13.9. The molecule has 3 heterocycles. The number of benzene rings is 2. The maximum absolute atomic E-state index is 13.9. The molecule has 0 saturated carbocycles. The van der Waals surface area contributed by atoms with Gasteiger partial charge in [0.25, 0.3) is 5.91 Å². The molecular formula is C26H19FN2O4. The highest BCUT2D eigenvalue weighted by Crippen LogP contribution is 2.41. The molecule has 0 bridgehead atoms. The van der Waals surface area contributed by atoms with Crippen molar-refractivity contribution in [2.75, 3.05) is 11.5 Å². The molecule has 1 atom stereocenters. The number of ether oxygens (including phenoxy) is 1. The van der Waals surface area contributed by atoms with Crippen molar-refractivity contribution in [3.63, 3.8) is 0 Å². The van der Waals surface area contributed by atoms with E-state index in [2.05, 4.69) is 11.6 Å². The molecule has 0 N–H and O–H groups in total. The van der Waals surface area contributed by atoms with Gasteiger partial charge in [-0.15, -0.1) is 0 Å². The molecule has 1 amide bonds. The minimum absolute atomic E-state index is 0.0700. The number of fused-ring (bicyclic) bond motifs is 2. The summed E-state index contributed by atoms with van der Waals surface area (Å²) in [7, 11) is 0. The number of rotatable bonds is 5. The van der Waals surface area contributed by atoms with Crippen LogP contribution in [-0.4, -0.2) is 17.5 Å². The van der Waals surface area contributed by atoms with Crippen LogP contribution in [0.2, 0.25) is 0 Å². The van der Waals surface area contributed by atoms with Gasteiger partial charge in [-0.25, -0.2) is 9.37 Å². The third-order valence-corrected chi connectivity index (χ3v) is 5.52. The molecule has 7 heteroatoms. The Morgan fingerprint density at radius 1 is 1.15 bits per heavy atom. The summed E-state index contributed by atoms with van der Waals surface area (Å²) in [6.45, 7) is 5.80. The molecular weight excluding hydrogens is 423 g/mol. The molecule has 0 aliphatic carbocycles. The van der Waals surface area contributed by atoms with Crippen LogP contribution in [0.5, 0.6) is 5.75 Å². The van der Waals surface area contributed by atoms with Crippen LogP contribution in [0.1, 0.15) is 33.4 Å². The van der Waals surface area contributed by atoms with Crippen molar-refractivity contribution in [1.82, 2.24) is 4.98 Å². The molecule has 0 radical (unpaired) electrons. The van der Waals surface area contributed by atoms with E-state index in [0.717, 1.165) is 11.8 Å². The van der Waals surface area contributed by atoms with Gasteiger partial charge in [-0.3, -0.25) is 14.5 Å². The van der Waals surface area contributed by atoms with Gasteiger partial charge in [0.1, 0.15) is 29.6 Å². The summed E-state index contributed by atoms with van der Waals surface area (Å²) in [4.78, 5) is 32.9. The highest BCUT2D eigenvalue weighted by Gasteiger charge is 2.44. The average Bonchev–Trinajstić information content (AvgIpc) is 3.11. The number of carbonyl (C=O) groups excluding carboxylic acids is 1. The van der Waals surface area contributed by atoms with Gasteiger partial charge >= 0.3 is 0 Å². The van der Waals surface area contributed by atoms with Gasteiger partial charge in [-0.1, -0.05) is 30.9 Å². The number of aryl methyl sites for hydroxylation is 1. The highest BCUT2D eigenvalue weighted by molar-refractivity contribution is 6.10. The predicted octanol–water partition coefficient (Wildman–Crippen LogP) is 4.95. The van der Waals surface area contributed by atoms with E-state index in [4.69, 9.17) is 9.15 Å². The van der Waals surface area contributed by atoms with Crippen molar-refractivity contribution in [2.24, 2.45) is 0 Å². The van der Waals surface area contributed by atoms with Crippen LogP contribution in [0.25, 0.3) is 11.0 Å². The Morgan fingerprint density at radius 2 is 1.94 bits per heavy atom. The lowest BCUT2D eigenvalue weighted by Gasteiger charge is -2.24. The molecule has 1 unspecified atom stereocenters. The Labute approximate surface area is 188 Å². The molecule has 1 aliphatic heterocycles. The minimum atomic E-state index is -0.792. The summed E-state index contributed by atoms with van der Waals surface area (Å²) in [6.07, 6.45) is 1.64. The first-order valence-corrected chi connectivity index (χ1v) is 10.3. The lowest BCUT2D eigenvalue weighted by Crippen LogP contribution is -2.30. The molecule has 0 fully saturated rings. The van der Waals surface area contributed by atoms with Crippen molar-refractivity contribution in [3.8, 4) is 5.75 Å². The van der Waals surface area contributed by atoms with Gasteiger partial charge < -0.3 is 9.15 Å². The summed E-state index contributed by atoms with van der Waals surface area (Å²) in [5.41, 5.74) is 1.24. The van der Waals surface area contributed by atoms with Gasteiger partial charge in [0.2, 0.25) is 5.76 Å². The quantitative estimate of drug-likeness (QED) is 0.409. The average molecular weight is 442 g/mol. The zero-order chi connectivity index (χ0) is 23.1. The summed E-state index contributed by atoms with van der Waals surface area (Å²) >= 11 is 0. The number of carbonyl (C=O) groups is 1. The molecule has 0 saturated heterocycles. The van der Waals surface area contributed by atoms with Crippen LogP contribution in [0, 0.1) is 12.7 Å². The monoisotopic (exact) mass is 442 g/mol. The van der Waals surface area contributed by atoms with Crippen LogP contribution < -0.4 is 15.1 Å². The Balaban J connectivity index is 1.73. The zero-order valence-electron chi connectivity index (χ0n) is 17.7. The van der Waals surface area contributed by atoms with Gasteiger partial charge in [0.15, 0.2) is 5.43 Å². The molecule has 164 valence electrons. The SMILES string of the molecule is C=CCOc1ccc(C2c3c(oc4ccc(F)cc4c3=O)C(=O)N2c2cccc(C)n2)cc1. The third-order valence-electron chi connectivity index (χ3n) is 5.52. The number of anilines is 1. The number of hydrogen-bond donors (Lipinski definition) is 0. The summed E-state index contributed by atoms with van der Waals surface area (Å²) in [5, 5.41) is 0.0801. The topological polar surface area (TPSA) is 72.6 Å². The number of amides is 1. The molecule has 2 aromatic heterocycles. The van der Waals surface area contributed by atoms with E-state index in [-0.39, 0.29) is 22.3 Å². The second kappa shape index (κ2) is 8.02. The molecule has 0 spiro atoms. The van der Waals surface area contributed by atoms with Crippen LogP contribution >= 0.6 is 0 Å². The molecule has 4 aromatic rings. The zero-order valence-corrected chi connectivity index (χ0v) is 17.7. The number of halogens is 1. The first-order valence-electron chi connectivity index (χ1n) is 10.3. The van der Waals surface area contributed by atoms with Crippen LogP contribution in [-0.2, 0) is 0 Å². The van der Waals surface area contributed by atoms with Gasteiger partial charge in [0, 0.05) is 5.69 Å². The summed E-state index contributed by atoms with van der Waals surface area (Å²) in [6, 6.07) is 15.3. The van der Waals surface area contributed by atoms with Crippen LogP contribution in [0.3, 0.4) is 0 Å². The normalized spacial score (nSPS) is 15.0. The van der Waals surface area contributed by atoms with Crippen LogP contribution in [0.4, 0.5) is 10.2 Å². The number of hydrogen-bond acceptors (Lipinski definition) is 5. The van der Waals surface area contributed by atoms with E-state index >= 15 is 0 Å². The minimum Gasteiger partial charge on any atom is -0.490 e. The van der Waals surface area contributed by atoms with E-state index in [1.165, 1.54) is 17.0 Å². The standard InChI is InChI=1S/C26H19FN2O4/c1-3-13-32-18-10-7-16(8-11-18)23-22-24(30)19-14-17(27)9-12-20(19)33-25(22)26(31)29(23)21-6-4-5-15(2)28-21/h3-12,14,23H,1,13H2,2H3. The fraction of sp³-hybridized carbons (Fsp3) is 0.115. The largest absolute Gasteiger partial charge is 0.490 e. The van der Waals surface area contributed by atoms with Crippen molar-refractivity contribution < 1.29 is 18.3 Å². The smallest absolute Gasteiger partial charge is 0.296 e. The van der Waals surface area contributed by atoms with Crippen molar-refractivity contribution in [2.45, 2.75) is 13.0 Å². The van der Waals surface area contributed by atoms with Crippen molar-refractivity contribution in [1.29, 1.82) is 0 Å². The van der Waals surface area contributed by atoms with Crippen molar-refractivity contribution >= 4 is 22.7 Å². The maximum Gasteiger partial charge on any atom is 0.296 e.